The SMILES string of the molecule is CN(C)CCNc1cc(Nc2ccccc2)nc(-c2ccccc2)n1. The highest BCUT2D eigenvalue weighted by atomic mass is 15.1. The van der Waals surface area contributed by atoms with E-state index < -0.39 is 0 Å². The van der Waals surface area contributed by atoms with E-state index >= 15 is 0 Å². The first-order valence-corrected chi connectivity index (χ1v) is 8.36. The first-order valence-electron chi connectivity index (χ1n) is 8.36. The van der Waals surface area contributed by atoms with Gasteiger partial charge < -0.3 is 15.5 Å². The second-order valence-corrected chi connectivity index (χ2v) is 6.05. The summed E-state index contributed by atoms with van der Waals surface area (Å²) in [5.41, 5.74) is 1.99. The summed E-state index contributed by atoms with van der Waals surface area (Å²) in [6, 6.07) is 22.0. The lowest BCUT2D eigenvalue weighted by atomic mass is 10.2. The molecule has 0 fully saturated rings. The van der Waals surface area contributed by atoms with Crippen molar-refractivity contribution in [2.45, 2.75) is 0 Å². The molecule has 5 heteroatoms. The van der Waals surface area contributed by atoms with Gasteiger partial charge in [-0.05, 0) is 26.2 Å². The third-order valence-corrected chi connectivity index (χ3v) is 3.67. The fourth-order valence-electron chi connectivity index (χ4n) is 2.40. The highest BCUT2D eigenvalue weighted by Gasteiger charge is 2.07. The van der Waals surface area contributed by atoms with E-state index in [1.165, 1.54) is 0 Å². The molecule has 25 heavy (non-hydrogen) atoms. The summed E-state index contributed by atoms with van der Waals surface area (Å²) in [6.07, 6.45) is 0. The van der Waals surface area contributed by atoms with Gasteiger partial charge in [-0.15, -0.1) is 0 Å². The first-order chi connectivity index (χ1) is 12.2. The fraction of sp³-hybridized carbons (Fsp3) is 0.200. The largest absolute Gasteiger partial charge is 0.369 e. The maximum atomic E-state index is 4.67. The number of nitrogens with zero attached hydrogens (tertiary/aromatic N) is 3. The standard InChI is InChI=1S/C20H23N5/c1-25(2)14-13-21-18-15-19(22-17-11-7-4-8-12-17)24-20(23-18)16-9-5-3-6-10-16/h3-12,15H,13-14H2,1-2H3,(H2,21,22,23,24). The van der Waals surface area contributed by atoms with Crippen molar-refractivity contribution in [2.75, 3.05) is 37.8 Å². The summed E-state index contributed by atoms with van der Waals surface area (Å²) in [7, 11) is 4.11. The van der Waals surface area contributed by atoms with Gasteiger partial charge in [0.15, 0.2) is 5.82 Å². The van der Waals surface area contributed by atoms with Crippen molar-refractivity contribution in [3.8, 4) is 11.4 Å². The van der Waals surface area contributed by atoms with Crippen LogP contribution in [0.4, 0.5) is 17.3 Å². The maximum absolute atomic E-state index is 4.67. The predicted octanol–water partition coefficient (Wildman–Crippen LogP) is 3.86. The zero-order valence-corrected chi connectivity index (χ0v) is 14.6. The topological polar surface area (TPSA) is 53.1 Å². The van der Waals surface area contributed by atoms with Crippen LogP contribution >= 0.6 is 0 Å². The first kappa shape index (κ1) is 16.9. The van der Waals surface area contributed by atoms with Crippen molar-refractivity contribution in [3.63, 3.8) is 0 Å². The minimum Gasteiger partial charge on any atom is -0.369 e. The lowest BCUT2D eigenvalue weighted by molar-refractivity contribution is 0.425. The Labute approximate surface area is 148 Å². The third-order valence-electron chi connectivity index (χ3n) is 3.67. The molecule has 1 heterocycles. The third kappa shape index (κ3) is 5.02. The minimum absolute atomic E-state index is 0.703. The summed E-state index contributed by atoms with van der Waals surface area (Å²) >= 11 is 0. The summed E-state index contributed by atoms with van der Waals surface area (Å²) in [5, 5.41) is 6.73. The molecule has 0 atom stereocenters. The molecule has 0 spiro atoms. The smallest absolute Gasteiger partial charge is 0.163 e. The highest BCUT2D eigenvalue weighted by molar-refractivity contribution is 5.65. The quantitative estimate of drug-likeness (QED) is 0.687. The normalized spacial score (nSPS) is 10.7. The van der Waals surface area contributed by atoms with Crippen LogP contribution in [0.1, 0.15) is 0 Å². The Morgan fingerprint density at radius 1 is 0.840 bits per heavy atom. The van der Waals surface area contributed by atoms with E-state index in [-0.39, 0.29) is 0 Å². The molecule has 1 aromatic heterocycles. The van der Waals surface area contributed by atoms with Crippen LogP contribution in [0.15, 0.2) is 66.7 Å². The number of hydrogen-bond donors (Lipinski definition) is 2. The zero-order chi connectivity index (χ0) is 17.5. The average Bonchev–Trinajstić information content (AvgIpc) is 2.63. The van der Waals surface area contributed by atoms with E-state index in [1.807, 2.05) is 66.7 Å². The van der Waals surface area contributed by atoms with Crippen LogP contribution < -0.4 is 10.6 Å². The van der Waals surface area contributed by atoms with Gasteiger partial charge in [-0.2, -0.15) is 0 Å². The Balaban J connectivity index is 1.87. The van der Waals surface area contributed by atoms with Crippen LogP contribution in [0.5, 0.6) is 0 Å². The van der Waals surface area contributed by atoms with Crippen LogP contribution in [0.25, 0.3) is 11.4 Å². The molecule has 128 valence electrons. The molecule has 3 rings (SSSR count). The summed E-state index contributed by atoms with van der Waals surface area (Å²) < 4.78 is 0. The van der Waals surface area contributed by atoms with Gasteiger partial charge in [0.25, 0.3) is 0 Å². The van der Waals surface area contributed by atoms with Crippen molar-refractivity contribution in [2.24, 2.45) is 0 Å². The van der Waals surface area contributed by atoms with Crippen LogP contribution in [0, 0.1) is 0 Å². The molecule has 0 saturated carbocycles. The summed E-state index contributed by atoms with van der Waals surface area (Å²) in [4.78, 5) is 11.5. The molecule has 2 aromatic carbocycles. The molecule has 0 aliphatic heterocycles. The van der Waals surface area contributed by atoms with Gasteiger partial charge in [-0.3, -0.25) is 0 Å². The van der Waals surface area contributed by atoms with Crippen molar-refractivity contribution < 1.29 is 0 Å². The van der Waals surface area contributed by atoms with Crippen molar-refractivity contribution in [1.29, 1.82) is 0 Å². The van der Waals surface area contributed by atoms with E-state index in [9.17, 15) is 0 Å². The van der Waals surface area contributed by atoms with Gasteiger partial charge >= 0.3 is 0 Å². The van der Waals surface area contributed by atoms with E-state index in [0.29, 0.717) is 5.82 Å². The molecular formula is C20H23N5. The molecular weight excluding hydrogens is 310 g/mol. The number of benzene rings is 2. The van der Waals surface area contributed by atoms with Crippen molar-refractivity contribution in [3.05, 3.63) is 66.7 Å². The summed E-state index contributed by atoms with van der Waals surface area (Å²) in [6.45, 7) is 1.76. The Morgan fingerprint density at radius 3 is 2.16 bits per heavy atom. The Bertz CT molecular complexity index is 788. The number of aromatic nitrogens is 2. The maximum Gasteiger partial charge on any atom is 0.163 e. The van der Waals surface area contributed by atoms with Gasteiger partial charge in [0.1, 0.15) is 11.6 Å². The molecule has 0 bridgehead atoms. The molecule has 5 nitrogen and oxygen atoms in total. The van der Waals surface area contributed by atoms with Crippen LogP contribution in [-0.4, -0.2) is 42.1 Å². The number of para-hydroxylation sites is 1. The lowest BCUT2D eigenvalue weighted by Crippen LogP contribution is -2.21. The van der Waals surface area contributed by atoms with Crippen LogP contribution in [0.2, 0.25) is 0 Å². The predicted molar refractivity (Wildman–Crippen MR) is 104 cm³/mol. The molecule has 0 aliphatic carbocycles. The second-order valence-electron chi connectivity index (χ2n) is 6.05. The molecule has 0 unspecified atom stereocenters. The average molecular weight is 333 g/mol. The molecule has 0 aliphatic rings. The van der Waals surface area contributed by atoms with E-state index in [4.69, 9.17) is 0 Å². The number of anilines is 3. The molecule has 0 saturated heterocycles. The summed E-state index contributed by atoms with van der Waals surface area (Å²) in [5.74, 6) is 2.29. The fourth-order valence-corrected chi connectivity index (χ4v) is 2.40. The van der Waals surface area contributed by atoms with Gasteiger partial charge in [0.2, 0.25) is 0 Å². The minimum atomic E-state index is 0.703. The zero-order valence-electron chi connectivity index (χ0n) is 14.6. The molecule has 0 radical (unpaired) electrons. The highest BCUT2D eigenvalue weighted by Crippen LogP contribution is 2.22. The van der Waals surface area contributed by atoms with Gasteiger partial charge in [0, 0.05) is 30.4 Å². The Kier molecular flexibility index (Phi) is 5.59. The van der Waals surface area contributed by atoms with E-state index in [1.54, 1.807) is 0 Å². The second kappa shape index (κ2) is 8.26. The Hall–Kier alpha value is -2.92. The molecule has 2 N–H and O–H groups in total. The Morgan fingerprint density at radius 2 is 1.48 bits per heavy atom. The van der Waals surface area contributed by atoms with Gasteiger partial charge in [-0.1, -0.05) is 48.5 Å². The number of rotatable bonds is 7. The monoisotopic (exact) mass is 333 g/mol. The van der Waals surface area contributed by atoms with Crippen molar-refractivity contribution >= 4 is 17.3 Å². The number of nitrogens with one attached hydrogen (secondary N) is 2. The van der Waals surface area contributed by atoms with E-state index in [2.05, 4.69) is 39.6 Å². The van der Waals surface area contributed by atoms with E-state index in [0.717, 1.165) is 36.0 Å². The molecule has 3 aromatic rings. The van der Waals surface area contributed by atoms with Crippen LogP contribution in [0.3, 0.4) is 0 Å². The number of hydrogen-bond acceptors (Lipinski definition) is 5. The van der Waals surface area contributed by atoms with Gasteiger partial charge in [0.05, 0.1) is 0 Å². The van der Waals surface area contributed by atoms with Crippen molar-refractivity contribution in [1.82, 2.24) is 14.9 Å². The lowest BCUT2D eigenvalue weighted by Gasteiger charge is -2.13. The van der Waals surface area contributed by atoms with Gasteiger partial charge in [-0.25, -0.2) is 9.97 Å². The molecule has 0 amide bonds. The van der Waals surface area contributed by atoms with Crippen LogP contribution in [-0.2, 0) is 0 Å². The number of likely N-dealkylation sites (N-methyl/N-ethyl adjacent to an activating group) is 1.